The number of hydrogen-bond acceptors (Lipinski definition) is 4. The number of amides is 1. The molecule has 0 aliphatic carbocycles. The van der Waals surface area contributed by atoms with Gasteiger partial charge in [-0.1, -0.05) is 17.3 Å². The summed E-state index contributed by atoms with van der Waals surface area (Å²) < 4.78 is 6.29. The van der Waals surface area contributed by atoms with Crippen LogP contribution in [0, 0.1) is 3.57 Å². The normalized spacial score (nSPS) is 18.2. The summed E-state index contributed by atoms with van der Waals surface area (Å²) in [5.41, 5.74) is 0.858. The molecule has 1 amide bonds. The molecule has 0 spiro atoms. The van der Waals surface area contributed by atoms with E-state index in [9.17, 15) is 4.79 Å². The molecule has 2 aromatic rings. The van der Waals surface area contributed by atoms with Gasteiger partial charge >= 0.3 is 6.09 Å². The molecule has 1 aromatic heterocycles. The summed E-state index contributed by atoms with van der Waals surface area (Å²) in [6, 6.07) is 7.43. The van der Waals surface area contributed by atoms with Crippen LogP contribution in [0.1, 0.15) is 18.4 Å². The minimum atomic E-state index is -0.953. The van der Waals surface area contributed by atoms with Gasteiger partial charge in [-0.15, -0.1) is 0 Å². The van der Waals surface area contributed by atoms with Crippen molar-refractivity contribution in [2.75, 3.05) is 6.54 Å². The molecule has 98 valence electrons. The van der Waals surface area contributed by atoms with Crippen LogP contribution in [0.5, 0.6) is 0 Å². The zero-order valence-corrected chi connectivity index (χ0v) is 11.9. The van der Waals surface area contributed by atoms with Crippen molar-refractivity contribution in [3.05, 3.63) is 33.7 Å². The fourth-order valence-electron chi connectivity index (χ4n) is 1.96. The van der Waals surface area contributed by atoms with Gasteiger partial charge in [-0.3, -0.25) is 4.90 Å². The summed E-state index contributed by atoms with van der Waals surface area (Å²) in [5.74, 6) is 0.853. The van der Waals surface area contributed by atoms with E-state index in [2.05, 4.69) is 32.7 Å². The van der Waals surface area contributed by atoms with Crippen molar-refractivity contribution in [1.29, 1.82) is 0 Å². The van der Waals surface area contributed by atoms with Gasteiger partial charge in [0.25, 0.3) is 0 Å². The second kappa shape index (κ2) is 4.80. The van der Waals surface area contributed by atoms with Gasteiger partial charge in [0.2, 0.25) is 11.7 Å². The van der Waals surface area contributed by atoms with Crippen LogP contribution >= 0.6 is 22.6 Å². The first kappa shape index (κ1) is 12.4. The van der Waals surface area contributed by atoms with Gasteiger partial charge < -0.3 is 9.63 Å². The molecule has 1 saturated heterocycles. The number of benzene rings is 1. The Balaban J connectivity index is 1.84. The zero-order chi connectivity index (χ0) is 13.4. The summed E-state index contributed by atoms with van der Waals surface area (Å²) in [6.07, 6.45) is -0.231. The summed E-state index contributed by atoms with van der Waals surface area (Å²) in [5, 5.41) is 12.9. The van der Waals surface area contributed by atoms with Crippen molar-refractivity contribution in [2.45, 2.75) is 12.5 Å². The first-order valence-electron chi connectivity index (χ1n) is 5.74. The Morgan fingerprint density at radius 3 is 2.74 bits per heavy atom. The number of nitrogens with zero attached hydrogens (tertiary/aromatic N) is 3. The Hall–Kier alpha value is -1.64. The van der Waals surface area contributed by atoms with Crippen molar-refractivity contribution >= 4 is 28.7 Å². The molecular formula is C12H10IN3O3. The highest BCUT2D eigenvalue weighted by Gasteiger charge is 2.37. The summed E-state index contributed by atoms with van der Waals surface area (Å²) in [6.45, 7) is 0.515. The number of hydrogen-bond donors (Lipinski definition) is 1. The molecule has 1 fully saturated rings. The van der Waals surface area contributed by atoms with Gasteiger partial charge in [-0.05, 0) is 41.1 Å². The van der Waals surface area contributed by atoms with E-state index in [-0.39, 0.29) is 6.04 Å². The molecule has 0 radical (unpaired) electrons. The van der Waals surface area contributed by atoms with E-state index in [1.54, 1.807) is 0 Å². The number of rotatable bonds is 2. The zero-order valence-electron chi connectivity index (χ0n) is 9.78. The molecular weight excluding hydrogens is 361 g/mol. The fraction of sp³-hybridized carbons (Fsp3) is 0.250. The van der Waals surface area contributed by atoms with E-state index < -0.39 is 6.09 Å². The van der Waals surface area contributed by atoms with Gasteiger partial charge in [0, 0.05) is 15.7 Å². The Labute approximate surface area is 122 Å². The molecule has 1 aliphatic rings. The van der Waals surface area contributed by atoms with Crippen LogP contribution in [0.3, 0.4) is 0 Å². The molecule has 1 N–H and O–H groups in total. The molecule has 6 nitrogen and oxygen atoms in total. The van der Waals surface area contributed by atoms with Gasteiger partial charge in [-0.2, -0.15) is 4.98 Å². The smallest absolute Gasteiger partial charge is 0.407 e. The Morgan fingerprint density at radius 1 is 1.42 bits per heavy atom. The first-order chi connectivity index (χ1) is 9.15. The van der Waals surface area contributed by atoms with E-state index in [0.717, 1.165) is 15.6 Å². The lowest BCUT2D eigenvalue weighted by molar-refractivity contribution is 0.0591. The maximum absolute atomic E-state index is 10.9. The average molecular weight is 371 g/mol. The highest BCUT2D eigenvalue weighted by Crippen LogP contribution is 2.33. The molecule has 1 aliphatic heterocycles. The van der Waals surface area contributed by atoms with Crippen LogP contribution in [-0.4, -0.2) is 32.8 Å². The van der Waals surface area contributed by atoms with Crippen molar-refractivity contribution in [3.63, 3.8) is 0 Å². The monoisotopic (exact) mass is 371 g/mol. The molecule has 1 aromatic carbocycles. The predicted octanol–water partition coefficient (Wildman–Crippen LogP) is 2.77. The predicted molar refractivity (Wildman–Crippen MR) is 74.5 cm³/mol. The van der Waals surface area contributed by atoms with Gasteiger partial charge in [0.1, 0.15) is 6.04 Å². The molecule has 2 heterocycles. The topological polar surface area (TPSA) is 79.5 Å². The number of carboxylic acid groups (broad SMARTS) is 1. The summed E-state index contributed by atoms with van der Waals surface area (Å²) in [4.78, 5) is 16.5. The third-order valence-electron chi connectivity index (χ3n) is 3.09. The van der Waals surface area contributed by atoms with E-state index in [0.29, 0.717) is 18.3 Å². The summed E-state index contributed by atoms with van der Waals surface area (Å²) in [7, 11) is 0. The third kappa shape index (κ3) is 2.29. The Bertz CT molecular complexity index is 611. The minimum absolute atomic E-state index is 0.303. The molecule has 3 rings (SSSR count). The van der Waals surface area contributed by atoms with Crippen LogP contribution in [0.25, 0.3) is 11.4 Å². The third-order valence-corrected chi connectivity index (χ3v) is 3.81. The lowest BCUT2D eigenvalue weighted by atomic mass is 10.0. The number of halogens is 1. The van der Waals surface area contributed by atoms with Crippen LogP contribution in [0.2, 0.25) is 0 Å². The SMILES string of the molecule is O=C(O)N1CCC1c1nc(-c2ccc(I)cc2)no1. The van der Waals surface area contributed by atoms with Crippen molar-refractivity contribution in [2.24, 2.45) is 0 Å². The quantitative estimate of drug-likeness (QED) is 0.822. The van der Waals surface area contributed by atoms with E-state index >= 15 is 0 Å². The van der Waals surface area contributed by atoms with Gasteiger partial charge in [0.15, 0.2) is 0 Å². The molecule has 1 unspecified atom stereocenters. The fourth-order valence-corrected chi connectivity index (χ4v) is 2.32. The van der Waals surface area contributed by atoms with Crippen molar-refractivity contribution < 1.29 is 14.4 Å². The average Bonchev–Trinajstić information content (AvgIpc) is 2.77. The highest BCUT2D eigenvalue weighted by molar-refractivity contribution is 14.1. The molecule has 1 atom stereocenters. The van der Waals surface area contributed by atoms with Crippen LogP contribution < -0.4 is 0 Å². The van der Waals surface area contributed by atoms with Gasteiger partial charge in [-0.25, -0.2) is 4.79 Å². The number of likely N-dealkylation sites (tertiary alicyclic amines) is 1. The molecule has 0 saturated carbocycles. The minimum Gasteiger partial charge on any atom is -0.465 e. The number of aromatic nitrogens is 2. The number of carbonyl (C=O) groups is 1. The van der Waals surface area contributed by atoms with E-state index in [1.165, 1.54) is 4.90 Å². The Kier molecular flexibility index (Phi) is 3.13. The van der Waals surface area contributed by atoms with Crippen LogP contribution in [-0.2, 0) is 0 Å². The van der Waals surface area contributed by atoms with Crippen LogP contribution in [0.4, 0.5) is 4.79 Å². The van der Waals surface area contributed by atoms with Gasteiger partial charge in [0.05, 0.1) is 0 Å². The second-order valence-corrected chi connectivity index (χ2v) is 5.49. The molecule has 0 bridgehead atoms. The second-order valence-electron chi connectivity index (χ2n) is 4.24. The van der Waals surface area contributed by atoms with Crippen LogP contribution in [0.15, 0.2) is 28.8 Å². The van der Waals surface area contributed by atoms with E-state index in [4.69, 9.17) is 9.63 Å². The lowest BCUT2D eigenvalue weighted by Gasteiger charge is -2.35. The van der Waals surface area contributed by atoms with Crippen molar-refractivity contribution in [1.82, 2.24) is 15.0 Å². The molecule has 7 heteroatoms. The standard InChI is InChI=1S/C12H10IN3O3/c13-8-3-1-7(2-4-8)10-14-11(19-15-10)9-5-6-16(9)12(17)18/h1-4,9H,5-6H2,(H,17,18). The Morgan fingerprint density at radius 2 is 2.16 bits per heavy atom. The maximum atomic E-state index is 10.9. The molecule has 19 heavy (non-hydrogen) atoms. The lowest BCUT2D eigenvalue weighted by Crippen LogP contribution is -2.44. The first-order valence-corrected chi connectivity index (χ1v) is 6.82. The van der Waals surface area contributed by atoms with Crippen molar-refractivity contribution in [3.8, 4) is 11.4 Å². The maximum Gasteiger partial charge on any atom is 0.407 e. The highest BCUT2D eigenvalue weighted by atomic mass is 127. The largest absolute Gasteiger partial charge is 0.465 e. The summed E-state index contributed by atoms with van der Waals surface area (Å²) >= 11 is 2.22. The van der Waals surface area contributed by atoms with E-state index in [1.807, 2.05) is 24.3 Å².